The third-order valence-corrected chi connectivity index (χ3v) is 14.8. The summed E-state index contributed by atoms with van der Waals surface area (Å²) >= 11 is 0. The average molecular weight is 926 g/mol. The number of aliphatic hydroxyl groups excluding tert-OH is 1. The lowest BCUT2D eigenvalue weighted by molar-refractivity contribution is -0.302. The molecule has 1 amide bonds. The largest absolute Gasteiger partial charge is 0.456 e. The van der Waals surface area contributed by atoms with Gasteiger partial charge in [0.15, 0.2) is 11.5 Å². The molecule has 368 valence electrons. The second-order valence-corrected chi connectivity index (χ2v) is 19.6. The summed E-state index contributed by atoms with van der Waals surface area (Å²) in [5.41, 5.74) is 2.64. The fourth-order valence-corrected chi connectivity index (χ4v) is 10.8. The zero-order valence-electron chi connectivity index (χ0n) is 40.5. The number of esters is 1. The maximum absolute atomic E-state index is 14.5. The van der Waals surface area contributed by atoms with Crippen molar-refractivity contribution < 1.29 is 67.3 Å². The highest BCUT2D eigenvalue weighted by atomic mass is 16.7. The van der Waals surface area contributed by atoms with Crippen LogP contribution in [-0.2, 0) is 54.2 Å². The van der Waals surface area contributed by atoms with Gasteiger partial charge in [-0.25, -0.2) is 4.79 Å². The molecule has 2 bridgehead atoms. The van der Waals surface area contributed by atoms with Crippen LogP contribution in [-0.4, -0.2) is 128 Å². The Balaban J connectivity index is 1.28. The van der Waals surface area contributed by atoms with Gasteiger partial charge in [-0.15, -0.1) is 0 Å². The van der Waals surface area contributed by atoms with E-state index in [1.54, 1.807) is 21.0 Å². The Hall–Kier alpha value is -3.70. The number of fused-ring (bicyclic) bond motifs is 4. The van der Waals surface area contributed by atoms with E-state index in [0.29, 0.717) is 68.6 Å². The minimum absolute atomic E-state index is 0.0120. The van der Waals surface area contributed by atoms with Crippen LogP contribution in [0.1, 0.15) is 118 Å². The van der Waals surface area contributed by atoms with Crippen LogP contribution in [0.3, 0.4) is 0 Å². The number of ketones is 2. The van der Waals surface area contributed by atoms with Gasteiger partial charge in [-0.3, -0.25) is 14.4 Å². The molecule has 1 aromatic carbocycles. The van der Waals surface area contributed by atoms with E-state index in [4.69, 9.17) is 37.9 Å². The number of cyclic esters (lactones) is 1. The number of piperidine rings is 1. The summed E-state index contributed by atoms with van der Waals surface area (Å²) in [7, 11) is 4.74. The Bertz CT molecular complexity index is 1920. The van der Waals surface area contributed by atoms with Crippen LogP contribution in [0.2, 0.25) is 0 Å². The standard InChI is InChI=1S/C51H75NO14/c1-10-36-20-29(2)19-30(3)21-44(60-8)47-45(61-9)23-32(5)51(58,66-47)48(55)49(56)52-18-12-11-13-37(52)50(57)65-46(33(6)38(53)26-39(36)54)31(4)22-34-14-16-40(42(24-34)59-7)62-27-35-15-17-41-43(25-35)64-28-63-41/h15,17,20,22,25,30,32-34,36-38,40,42,44-47,53,58H,10-14,16,18-19,21,23-24,26-28H2,1-9H3/b29-20+,31-22?. The van der Waals surface area contributed by atoms with Crippen LogP contribution in [0.25, 0.3) is 0 Å². The molecule has 15 nitrogen and oxygen atoms in total. The van der Waals surface area contributed by atoms with E-state index >= 15 is 0 Å². The number of ether oxygens (including phenoxy) is 8. The molecular weight excluding hydrogens is 851 g/mol. The lowest BCUT2D eigenvalue weighted by atomic mass is 9.81. The normalized spacial score (nSPS) is 37.6. The van der Waals surface area contributed by atoms with Gasteiger partial charge in [-0.1, -0.05) is 51.5 Å². The summed E-state index contributed by atoms with van der Waals surface area (Å²) < 4.78 is 47.8. The Morgan fingerprint density at radius 3 is 2.32 bits per heavy atom. The molecule has 2 saturated heterocycles. The van der Waals surface area contributed by atoms with E-state index in [9.17, 15) is 29.4 Å². The minimum atomic E-state index is -2.51. The van der Waals surface area contributed by atoms with Crippen molar-refractivity contribution in [2.45, 2.75) is 173 Å². The van der Waals surface area contributed by atoms with Crippen molar-refractivity contribution >= 4 is 23.4 Å². The molecular formula is C51H75NO14. The molecule has 2 N–H and O–H groups in total. The van der Waals surface area contributed by atoms with Gasteiger partial charge in [0.2, 0.25) is 12.6 Å². The maximum atomic E-state index is 14.5. The van der Waals surface area contributed by atoms with E-state index in [0.717, 1.165) is 17.6 Å². The van der Waals surface area contributed by atoms with Crippen molar-refractivity contribution in [3.05, 3.63) is 47.1 Å². The Morgan fingerprint density at radius 1 is 0.894 bits per heavy atom. The third kappa shape index (κ3) is 11.9. The van der Waals surface area contributed by atoms with Gasteiger partial charge < -0.3 is 53.0 Å². The number of hydrogen-bond acceptors (Lipinski definition) is 14. The smallest absolute Gasteiger partial charge is 0.329 e. The van der Waals surface area contributed by atoms with Crippen molar-refractivity contribution in [1.82, 2.24) is 4.90 Å². The van der Waals surface area contributed by atoms with Crippen LogP contribution >= 0.6 is 0 Å². The molecule has 0 radical (unpaired) electrons. The molecule has 1 saturated carbocycles. The number of Topliss-reactive ketones (excluding diaryl/α,β-unsaturated/α-hetero) is 2. The number of amides is 1. The lowest BCUT2D eigenvalue weighted by Crippen LogP contribution is -2.64. The van der Waals surface area contributed by atoms with E-state index in [-0.39, 0.29) is 62.4 Å². The van der Waals surface area contributed by atoms with Crippen molar-refractivity contribution in [2.24, 2.45) is 29.6 Å². The monoisotopic (exact) mass is 926 g/mol. The molecule has 1 aromatic rings. The number of benzene rings is 1. The predicted octanol–water partition coefficient (Wildman–Crippen LogP) is 6.43. The highest BCUT2D eigenvalue weighted by molar-refractivity contribution is 6.39. The van der Waals surface area contributed by atoms with Crippen molar-refractivity contribution in [2.75, 3.05) is 34.7 Å². The highest BCUT2D eigenvalue weighted by Gasteiger charge is 2.56. The molecule has 14 atom stereocenters. The molecule has 0 aromatic heterocycles. The fourth-order valence-electron chi connectivity index (χ4n) is 10.8. The second kappa shape index (κ2) is 23.1. The molecule has 5 aliphatic rings. The molecule has 66 heavy (non-hydrogen) atoms. The molecule has 1 aliphatic carbocycles. The summed E-state index contributed by atoms with van der Waals surface area (Å²) in [6, 6.07) is 4.61. The van der Waals surface area contributed by atoms with Crippen LogP contribution < -0.4 is 9.47 Å². The number of methoxy groups -OCH3 is 3. The maximum Gasteiger partial charge on any atom is 0.329 e. The molecule has 6 rings (SSSR count). The van der Waals surface area contributed by atoms with Gasteiger partial charge >= 0.3 is 5.97 Å². The van der Waals surface area contributed by atoms with Crippen LogP contribution in [0.5, 0.6) is 11.5 Å². The van der Waals surface area contributed by atoms with Gasteiger partial charge in [0, 0.05) is 52.0 Å². The van der Waals surface area contributed by atoms with Crippen LogP contribution in [0.4, 0.5) is 0 Å². The summed E-state index contributed by atoms with van der Waals surface area (Å²) in [6.07, 6.45) is 4.59. The van der Waals surface area contributed by atoms with Crippen molar-refractivity contribution in [1.29, 1.82) is 0 Å². The SMILES string of the molecule is CCC1/C=C(\C)CC(C)CC(OC)C2OC(O)(C(=O)C(=O)N3CCCCC3C(=O)OC(C(C)=CC3CCC(OCc4ccc5c(c4)OCO5)C(OC)C3)C(C)C(O)CC1=O)C(C)CC2OC. The Kier molecular flexibility index (Phi) is 18.1. The van der Waals surface area contributed by atoms with Crippen LogP contribution in [0, 0.1) is 29.6 Å². The van der Waals surface area contributed by atoms with E-state index in [1.165, 1.54) is 19.1 Å². The van der Waals surface area contributed by atoms with E-state index in [1.807, 2.05) is 45.0 Å². The average Bonchev–Trinajstić information content (AvgIpc) is 3.79. The zero-order chi connectivity index (χ0) is 47.9. The first-order chi connectivity index (χ1) is 31.5. The lowest BCUT2D eigenvalue weighted by Gasteiger charge is -2.47. The summed E-state index contributed by atoms with van der Waals surface area (Å²) in [6.45, 7) is 11.9. The quantitative estimate of drug-likeness (QED) is 0.157. The number of rotatable bonds is 9. The summed E-state index contributed by atoms with van der Waals surface area (Å²) in [5, 5.41) is 24.0. The molecule has 15 heteroatoms. The number of nitrogens with zero attached hydrogens (tertiary/aromatic N) is 1. The summed E-state index contributed by atoms with van der Waals surface area (Å²) in [5.74, 6) is -6.12. The number of carbonyl (C=O) groups excluding carboxylic acids is 4. The molecule has 3 fully saturated rings. The van der Waals surface area contributed by atoms with E-state index < -0.39 is 77.8 Å². The first-order valence-corrected chi connectivity index (χ1v) is 24.1. The first kappa shape index (κ1) is 51.7. The number of allylic oxidation sites excluding steroid dienone is 3. The van der Waals surface area contributed by atoms with Gasteiger partial charge in [0.05, 0.1) is 37.1 Å². The molecule has 4 heterocycles. The van der Waals surface area contributed by atoms with E-state index in [2.05, 4.69) is 13.0 Å². The molecule has 14 unspecified atom stereocenters. The predicted molar refractivity (Wildman–Crippen MR) is 243 cm³/mol. The summed E-state index contributed by atoms with van der Waals surface area (Å²) in [4.78, 5) is 58.4. The molecule has 0 spiro atoms. The second-order valence-electron chi connectivity index (χ2n) is 19.6. The highest BCUT2D eigenvalue weighted by Crippen LogP contribution is 2.40. The van der Waals surface area contributed by atoms with Gasteiger partial charge in [0.25, 0.3) is 11.7 Å². The number of hydrogen-bond donors (Lipinski definition) is 2. The van der Waals surface area contributed by atoms with Crippen molar-refractivity contribution in [3.8, 4) is 11.5 Å². The van der Waals surface area contributed by atoms with Gasteiger partial charge in [-0.05, 0) is 113 Å². The number of carbonyl (C=O) groups is 4. The fraction of sp³-hybridized carbons (Fsp3) is 0.725. The third-order valence-electron chi connectivity index (χ3n) is 14.8. The Labute approximate surface area is 390 Å². The first-order valence-electron chi connectivity index (χ1n) is 24.1. The zero-order valence-corrected chi connectivity index (χ0v) is 40.5. The number of aliphatic hydroxyl groups is 2. The van der Waals surface area contributed by atoms with Crippen molar-refractivity contribution in [3.63, 3.8) is 0 Å². The van der Waals surface area contributed by atoms with Gasteiger partial charge in [-0.2, -0.15) is 0 Å². The topological polar surface area (TPSA) is 186 Å². The Morgan fingerprint density at radius 2 is 1.61 bits per heavy atom. The molecule has 4 aliphatic heterocycles. The van der Waals surface area contributed by atoms with Gasteiger partial charge in [0.1, 0.15) is 24.0 Å². The minimum Gasteiger partial charge on any atom is -0.456 e. The van der Waals surface area contributed by atoms with Crippen LogP contribution in [0.15, 0.2) is 41.5 Å².